The van der Waals surface area contributed by atoms with Crippen LogP contribution < -0.4 is 0 Å². The van der Waals surface area contributed by atoms with Gasteiger partial charge in [0.2, 0.25) is 5.88 Å². The number of hydrogen-bond acceptors (Lipinski definition) is 3. The molecule has 1 heterocycles. The molecule has 0 radical (unpaired) electrons. The Hall–Kier alpha value is -1.50. The van der Waals surface area contributed by atoms with Crippen LogP contribution in [0.4, 0.5) is 0 Å². The number of hydrogen-bond donors (Lipinski definition) is 1. The number of nitriles is 1. The smallest absolute Gasteiger partial charge is 0.248 e. The second-order valence-corrected chi connectivity index (χ2v) is 1.64. The molecule has 0 spiro atoms. The van der Waals surface area contributed by atoms with E-state index >= 15 is 0 Å². The molecule has 0 amide bonds. The molecule has 1 aromatic heterocycles. The lowest BCUT2D eigenvalue weighted by Gasteiger charge is -1.86. The third kappa shape index (κ3) is 0.722. The summed E-state index contributed by atoms with van der Waals surface area (Å²) < 4.78 is 1.45. The number of nitrogens with zero attached hydrogens (tertiary/aromatic N) is 3. The first kappa shape index (κ1) is 5.63. The van der Waals surface area contributed by atoms with Crippen LogP contribution in [0.25, 0.3) is 0 Å². The molecule has 0 fully saturated rings. The summed E-state index contributed by atoms with van der Waals surface area (Å²) in [6, 6.07) is 1.79. The second-order valence-electron chi connectivity index (χ2n) is 1.64. The van der Waals surface area contributed by atoms with Crippen molar-refractivity contribution in [2.45, 2.75) is 0 Å². The van der Waals surface area contributed by atoms with Crippen molar-refractivity contribution in [3.63, 3.8) is 0 Å². The second kappa shape index (κ2) is 1.78. The van der Waals surface area contributed by atoms with Crippen molar-refractivity contribution in [1.29, 1.82) is 5.26 Å². The maximum absolute atomic E-state index is 8.78. The van der Waals surface area contributed by atoms with Crippen LogP contribution in [0.15, 0.2) is 6.33 Å². The minimum absolute atomic E-state index is 0.190. The van der Waals surface area contributed by atoms with Gasteiger partial charge in [-0.05, 0) is 0 Å². The lowest BCUT2D eigenvalue weighted by Crippen LogP contribution is -1.87. The predicted molar refractivity (Wildman–Crippen MR) is 29.6 cm³/mol. The van der Waals surface area contributed by atoms with Crippen LogP contribution in [0.3, 0.4) is 0 Å². The maximum atomic E-state index is 8.78. The summed E-state index contributed by atoms with van der Waals surface area (Å²) in [4.78, 5) is 3.48. The Balaban J connectivity index is 3.27. The van der Waals surface area contributed by atoms with E-state index in [1.165, 1.54) is 10.9 Å². The molecule has 1 rings (SSSR count). The fourth-order valence-corrected chi connectivity index (χ4v) is 0.547. The van der Waals surface area contributed by atoms with Crippen LogP contribution in [0, 0.1) is 11.3 Å². The Morgan fingerprint density at radius 3 is 2.78 bits per heavy atom. The van der Waals surface area contributed by atoms with E-state index in [-0.39, 0.29) is 11.6 Å². The highest BCUT2D eigenvalue weighted by Gasteiger charge is 2.03. The van der Waals surface area contributed by atoms with Crippen molar-refractivity contribution in [3.05, 3.63) is 12.0 Å². The SMILES string of the molecule is Cn1cnc(O)c1C#N. The van der Waals surface area contributed by atoms with Gasteiger partial charge in [0, 0.05) is 7.05 Å². The van der Waals surface area contributed by atoms with Gasteiger partial charge in [-0.1, -0.05) is 0 Å². The van der Waals surface area contributed by atoms with E-state index < -0.39 is 0 Å². The van der Waals surface area contributed by atoms with Gasteiger partial charge in [-0.3, -0.25) is 0 Å². The van der Waals surface area contributed by atoms with Crippen molar-refractivity contribution in [3.8, 4) is 11.9 Å². The molecule has 0 aliphatic rings. The fourth-order valence-electron chi connectivity index (χ4n) is 0.547. The van der Waals surface area contributed by atoms with Crippen LogP contribution in [-0.4, -0.2) is 14.7 Å². The van der Waals surface area contributed by atoms with E-state index in [4.69, 9.17) is 10.4 Å². The van der Waals surface area contributed by atoms with Gasteiger partial charge < -0.3 is 9.67 Å². The van der Waals surface area contributed by atoms with Crippen LogP contribution in [0.1, 0.15) is 5.69 Å². The highest BCUT2D eigenvalue weighted by Crippen LogP contribution is 2.09. The maximum Gasteiger partial charge on any atom is 0.248 e. The Bertz CT molecular complexity index is 238. The van der Waals surface area contributed by atoms with Gasteiger partial charge in [0.1, 0.15) is 6.07 Å². The third-order valence-electron chi connectivity index (χ3n) is 1.02. The van der Waals surface area contributed by atoms with Gasteiger partial charge in [-0.15, -0.1) is 0 Å². The molecular weight excluding hydrogens is 118 g/mol. The van der Waals surface area contributed by atoms with Crippen LogP contribution >= 0.6 is 0 Å². The zero-order valence-electron chi connectivity index (χ0n) is 4.87. The summed E-state index contributed by atoms with van der Waals surface area (Å²) in [7, 11) is 1.64. The molecule has 0 aliphatic carbocycles. The summed E-state index contributed by atoms with van der Waals surface area (Å²) in [6.45, 7) is 0. The Morgan fingerprint density at radius 2 is 2.56 bits per heavy atom. The fraction of sp³-hybridized carbons (Fsp3) is 0.200. The number of imidazole rings is 1. The van der Waals surface area contributed by atoms with E-state index in [2.05, 4.69) is 4.98 Å². The topological polar surface area (TPSA) is 61.8 Å². The Labute approximate surface area is 52.0 Å². The quantitative estimate of drug-likeness (QED) is 0.528. The number of aromatic hydroxyl groups is 1. The molecule has 1 aromatic rings. The molecule has 0 saturated heterocycles. The summed E-state index contributed by atoms with van der Waals surface area (Å²) in [5.41, 5.74) is 0.190. The highest BCUT2D eigenvalue weighted by atomic mass is 16.3. The standard InChI is InChI=1S/C5H5N3O/c1-8-3-7-5(9)4(8)2-6/h3,9H,1H3. The molecule has 46 valence electrons. The average Bonchev–Trinajstić information content (AvgIpc) is 2.12. The largest absolute Gasteiger partial charge is 0.491 e. The number of aromatic nitrogens is 2. The minimum atomic E-state index is -0.208. The predicted octanol–water partition coefficient (Wildman–Crippen LogP) is -0.00262. The first-order valence-corrected chi connectivity index (χ1v) is 2.36. The Kier molecular flexibility index (Phi) is 1.12. The van der Waals surface area contributed by atoms with Crippen LogP contribution in [0.5, 0.6) is 5.88 Å². The van der Waals surface area contributed by atoms with Crippen LogP contribution in [0.2, 0.25) is 0 Å². The van der Waals surface area contributed by atoms with Crippen molar-refractivity contribution in [2.75, 3.05) is 0 Å². The molecule has 0 aromatic carbocycles. The summed E-state index contributed by atoms with van der Waals surface area (Å²) in [6.07, 6.45) is 1.38. The molecule has 0 atom stereocenters. The zero-order valence-corrected chi connectivity index (χ0v) is 4.87. The van der Waals surface area contributed by atoms with Gasteiger partial charge in [0.25, 0.3) is 0 Å². The average molecular weight is 123 g/mol. The molecule has 4 nitrogen and oxygen atoms in total. The van der Waals surface area contributed by atoms with Gasteiger partial charge in [-0.2, -0.15) is 5.26 Å². The molecule has 1 N–H and O–H groups in total. The van der Waals surface area contributed by atoms with E-state index in [1.54, 1.807) is 13.1 Å². The number of aryl methyl sites for hydroxylation is 1. The van der Waals surface area contributed by atoms with Crippen LogP contribution in [-0.2, 0) is 7.05 Å². The van der Waals surface area contributed by atoms with Gasteiger partial charge >= 0.3 is 0 Å². The summed E-state index contributed by atoms with van der Waals surface area (Å²) in [5.74, 6) is -0.208. The monoisotopic (exact) mass is 123 g/mol. The summed E-state index contributed by atoms with van der Waals surface area (Å²) >= 11 is 0. The number of rotatable bonds is 0. The molecule has 9 heavy (non-hydrogen) atoms. The van der Waals surface area contributed by atoms with Crippen molar-refractivity contribution in [2.24, 2.45) is 7.05 Å². The van der Waals surface area contributed by atoms with E-state index in [0.717, 1.165) is 0 Å². The molecular formula is C5H5N3O. The first-order chi connectivity index (χ1) is 4.25. The van der Waals surface area contributed by atoms with E-state index in [0.29, 0.717) is 0 Å². The lowest BCUT2D eigenvalue weighted by atomic mass is 10.5. The van der Waals surface area contributed by atoms with Gasteiger partial charge in [0.15, 0.2) is 5.69 Å². The zero-order chi connectivity index (χ0) is 6.85. The van der Waals surface area contributed by atoms with E-state index in [1.807, 2.05) is 0 Å². The molecule has 0 unspecified atom stereocenters. The normalized spacial score (nSPS) is 8.89. The van der Waals surface area contributed by atoms with Crippen molar-refractivity contribution < 1.29 is 5.11 Å². The minimum Gasteiger partial charge on any atom is -0.491 e. The highest BCUT2D eigenvalue weighted by molar-refractivity contribution is 5.30. The molecule has 0 saturated carbocycles. The van der Waals surface area contributed by atoms with E-state index in [9.17, 15) is 0 Å². The van der Waals surface area contributed by atoms with Gasteiger partial charge in [0.05, 0.1) is 6.33 Å². The lowest BCUT2D eigenvalue weighted by molar-refractivity contribution is 0.454. The Morgan fingerprint density at radius 1 is 1.89 bits per heavy atom. The summed E-state index contributed by atoms with van der Waals surface area (Å²) in [5, 5.41) is 17.1. The molecule has 0 aliphatic heterocycles. The van der Waals surface area contributed by atoms with Crippen molar-refractivity contribution >= 4 is 0 Å². The van der Waals surface area contributed by atoms with Crippen molar-refractivity contribution in [1.82, 2.24) is 9.55 Å². The molecule has 4 heteroatoms. The van der Waals surface area contributed by atoms with Gasteiger partial charge in [-0.25, -0.2) is 4.98 Å². The molecule has 0 bridgehead atoms. The first-order valence-electron chi connectivity index (χ1n) is 2.36. The third-order valence-corrected chi connectivity index (χ3v) is 1.02.